The molecule has 4 nitrogen and oxygen atoms in total. The molecule has 22 heavy (non-hydrogen) atoms. The van der Waals surface area contributed by atoms with Crippen molar-refractivity contribution in [1.29, 1.82) is 0 Å². The topological polar surface area (TPSA) is 72.2 Å². The molecule has 1 aromatic rings. The van der Waals surface area contributed by atoms with Crippen molar-refractivity contribution in [2.45, 2.75) is 45.1 Å². The number of primary amides is 1. The second-order valence-electron chi connectivity index (χ2n) is 7.60. The van der Waals surface area contributed by atoms with E-state index in [1.54, 1.807) is 0 Å². The Kier molecular flexibility index (Phi) is 3.12. The molecule has 0 aliphatic heterocycles. The van der Waals surface area contributed by atoms with Crippen LogP contribution >= 0.6 is 11.3 Å². The summed E-state index contributed by atoms with van der Waals surface area (Å²) >= 11 is 1.50. The Morgan fingerprint density at radius 1 is 1.27 bits per heavy atom. The molecule has 2 atom stereocenters. The highest BCUT2D eigenvalue weighted by Gasteiger charge is 2.58. The minimum atomic E-state index is -0.281. The SMILES string of the molecule is Cc1csc(C(=O)NC2C3CC4CC2CC(C(N)=O)(C4)C3)c1. The van der Waals surface area contributed by atoms with Crippen molar-refractivity contribution >= 4 is 23.2 Å². The van der Waals surface area contributed by atoms with E-state index in [0.717, 1.165) is 42.5 Å². The molecule has 2 amide bonds. The first-order valence-corrected chi connectivity index (χ1v) is 9.01. The third kappa shape index (κ3) is 2.09. The fraction of sp³-hybridized carbons (Fsp3) is 0.647. The van der Waals surface area contributed by atoms with Crippen molar-refractivity contribution < 1.29 is 9.59 Å². The lowest BCUT2D eigenvalue weighted by atomic mass is 9.47. The van der Waals surface area contributed by atoms with Crippen molar-refractivity contribution in [1.82, 2.24) is 5.32 Å². The lowest BCUT2D eigenvalue weighted by molar-refractivity contribution is -0.145. The van der Waals surface area contributed by atoms with Gasteiger partial charge in [0, 0.05) is 11.5 Å². The van der Waals surface area contributed by atoms with E-state index in [9.17, 15) is 9.59 Å². The number of amides is 2. The molecule has 4 bridgehead atoms. The number of nitrogens with one attached hydrogen (secondary N) is 1. The number of carbonyl (C=O) groups excluding carboxylic acids is 2. The minimum absolute atomic E-state index is 0.0451. The highest BCUT2D eigenvalue weighted by molar-refractivity contribution is 7.12. The standard InChI is InChI=1S/C17H22N2O2S/c1-9-2-13(22-8-9)15(20)19-14-11-3-10-4-12(14)7-17(5-10,6-11)16(18)21/h2,8,10-12,14H,3-7H2,1H3,(H2,18,21)(H,19,20). The van der Waals surface area contributed by atoms with Crippen LogP contribution in [0, 0.1) is 30.1 Å². The van der Waals surface area contributed by atoms with Gasteiger partial charge in [-0.25, -0.2) is 0 Å². The third-order valence-corrected chi connectivity index (χ3v) is 7.09. The van der Waals surface area contributed by atoms with Gasteiger partial charge in [-0.3, -0.25) is 9.59 Å². The van der Waals surface area contributed by atoms with Crippen molar-refractivity contribution in [2.24, 2.45) is 28.9 Å². The van der Waals surface area contributed by atoms with Crippen molar-refractivity contribution in [3.05, 3.63) is 21.9 Å². The van der Waals surface area contributed by atoms with Crippen LogP contribution in [0.1, 0.15) is 47.3 Å². The normalized spacial score (nSPS) is 39.0. The van der Waals surface area contributed by atoms with Crippen LogP contribution in [0.25, 0.3) is 0 Å². The van der Waals surface area contributed by atoms with E-state index >= 15 is 0 Å². The van der Waals surface area contributed by atoms with Gasteiger partial charge in [0.05, 0.1) is 4.88 Å². The Balaban J connectivity index is 1.53. The number of hydrogen-bond donors (Lipinski definition) is 2. The molecule has 0 radical (unpaired) electrons. The average Bonchev–Trinajstić information content (AvgIpc) is 2.88. The number of thiophene rings is 1. The third-order valence-electron chi connectivity index (χ3n) is 6.05. The van der Waals surface area contributed by atoms with Crippen LogP contribution in [-0.4, -0.2) is 17.9 Å². The zero-order valence-corrected chi connectivity index (χ0v) is 13.6. The average molecular weight is 318 g/mol. The summed E-state index contributed by atoms with van der Waals surface area (Å²) in [6.07, 6.45) is 4.98. The molecule has 1 heterocycles. The fourth-order valence-corrected chi connectivity index (χ4v) is 6.14. The van der Waals surface area contributed by atoms with E-state index in [4.69, 9.17) is 5.73 Å². The van der Waals surface area contributed by atoms with E-state index in [1.165, 1.54) is 11.3 Å². The van der Waals surface area contributed by atoms with Gasteiger partial charge >= 0.3 is 0 Å². The molecule has 118 valence electrons. The lowest BCUT2D eigenvalue weighted by Gasteiger charge is -2.58. The zero-order chi connectivity index (χ0) is 15.5. The maximum Gasteiger partial charge on any atom is 0.261 e. The van der Waals surface area contributed by atoms with Crippen LogP contribution < -0.4 is 11.1 Å². The van der Waals surface area contributed by atoms with Crippen molar-refractivity contribution in [2.75, 3.05) is 0 Å². The number of hydrogen-bond acceptors (Lipinski definition) is 3. The summed E-state index contributed by atoms with van der Waals surface area (Å²) in [4.78, 5) is 25.2. The van der Waals surface area contributed by atoms with Gasteiger partial charge in [0.1, 0.15) is 0 Å². The van der Waals surface area contributed by atoms with Crippen molar-refractivity contribution in [3.8, 4) is 0 Å². The number of nitrogens with two attached hydrogens (primary N) is 1. The predicted octanol–water partition coefficient (Wildman–Crippen LogP) is 2.47. The summed E-state index contributed by atoms with van der Waals surface area (Å²) < 4.78 is 0. The molecule has 4 aliphatic carbocycles. The quantitative estimate of drug-likeness (QED) is 0.898. The molecule has 0 saturated heterocycles. The van der Waals surface area contributed by atoms with Gasteiger partial charge in [0.15, 0.2) is 0 Å². The molecule has 4 fully saturated rings. The van der Waals surface area contributed by atoms with Crippen LogP contribution in [0.5, 0.6) is 0 Å². The number of rotatable bonds is 3. The first kappa shape index (κ1) is 14.2. The molecule has 0 spiro atoms. The van der Waals surface area contributed by atoms with E-state index in [1.807, 2.05) is 18.4 Å². The Morgan fingerprint density at radius 3 is 2.50 bits per heavy atom. The second kappa shape index (κ2) is 4.82. The van der Waals surface area contributed by atoms with Crippen LogP contribution in [0.15, 0.2) is 11.4 Å². The lowest BCUT2D eigenvalue weighted by Crippen LogP contribution is -2.62. The number of aryl methyl sites for hydroxylation is 1. The molecular weight excluding hydrogens is 296 g/mol. The van der Waals surface area contributed by atoms with E-state index < -0.39 is 0 Å². The smallest absolute Gasteiger partial charge is 0.261 e. The van der Waals surface area contributed by atoms with Gasteiger partial charge in [-0.15, -0.1) is 11.3 Å². The summed E-state index contributed by atoms with van der Waals surface area (Å²) in [7, 11) is 0. The predicted molar refractivity (Wildman–Crippen MR) is 85.5 cm³/mol. The van der Waals surface area contributed by atoms with E-state index in [0.29, 0.717) is 17.8 Å². The summed E-state index contributed by atoms with van der Waals surface area (Å²) in [5, 5.41) is 5.27. The van der Waals surface area contributed by atoms with Crippen LogP contribution in [0.4, 0.5) is 0 Å². The largest absolute Gasteiger partial charge is 0.369 e. The second-order valence-corrected chi connectivity index (χ2v) is 8.51. The molecule has 3 N–H and O–H groups in total. The van der Waals surface area contributed by atoms with Gasteiger partial charge in [-0.1, -0.05) is 0 Å². The van der Waals surface area contributed by atoms with Crippen molar-refractivity contribution in [3.63, 3.8) is 0 Å². The molecular formula is C17H22N2O2S. The Bertz CT molecular complexity index is 622. The molecule has 1 aromatic heterocycles. The molecule has 4 saturated carbocycles. The Labute approximate surface area is 134 Å². The van der Waals surface area contributed by atoms with Gasteiger partial charge in [-0.05, 0) is 73.8 Å². The molecule has 5 rings (SSSR count). The monoisotopic (exact) mass is 318 g/mol. The maximum absolute atomic E-state index is 12.5. The zero-order valence-electron chi connectivity index (χ0n) is 12.8. The fourth-order valence-electron chi connectivity index (χ4n) is 5.33. The molecule has 2 unspecified atom stereocenters. The minimum Gasteiger partial charge on any atom is -0.369 e. The first-order chi connectivity index (χ1) is 10.5. The number of carbonyl (C=O) groups is 2. The highest BCUT2D eigenvalue weighted by atomic mass is 32.1. The van der Waals surface area contributed by atoms with Gasteiger partial charge in [0.2, 0.25) is 5.91 Å². The van der Waals surface area contributed by atoms with Crippen LogP contribution in [0.3, 0.4) is 0 Å². The maximum atomic E-state index is 12.5. The highest BCUT2D eigenvalue weighted by Crippen LogP contribution is 2.59. The Morgan fingerprint density at radius 2 is 1.95 bits per heavy atom. The molecule has 0 aromatic carbocycles. The van der Waals surface area contributed by atoms with Gasteiger partial charge in [0.25, 0.3) is 5.91 Å². The first-order valence-electron chi connectivity index (χ1n) is 8.13. The molecule has 4 aliphatic rings. The summed E-state index contributed by atoms with van der Waals surface area (Å²) in [6.45, 7) is 2.01. The van der Waals surface area contributed by atoms with Gasteiger partial charge in [-0.2, -0.15) is 0 Å². The summed E-state index contributed by atoms with van der Waals surface area (Å²) in [5.74, 6) is 1.39. The van der Waals surface area contributed by atoms with Gasteiger partial charge < -0.3 is 11.1 Å². The van der Waals surface area contributed by atoms with E-state index in [-0.39, 0.29) is 23.3 Å². The van der Waals surface area contributed by atoms with Crippen LogP contribution in [0.2, 0.25) is 0 Å². The summed E-state index contributed by atoms with van der Waals surface area (Å²) in [6, 6.07) is 2.17. The van der Waals surface area contributed by atoms with E-state index in [2.05, 4.69) is 5.32 Å². The summed E-state index contributed by atoms with van der Waals surface area (Å²) in [5.41, 5.74) is 6.56. The Hall–Kier alpha value is -1.36. The molecule has 5 heteroatoms. The van der Waals surface area contributed by atoms with Crippen LogP contribution in [-0.2, 0) is 4.79 Å².